The number of aliphatic imine (C=N–C) groups is 1. The third-order valence-corrected chi connectivity index (χ3v) is 9.10. The Morgan fingerprint density at radius 2 is 1.82 bits per heavy atom. The summed E-state index contributed by atoms with van der Waals surface area (Å²) < 4.78 is 43.2. The fourth-order valence-electron chi connectivity index (χ4n) is 6.91. The number of aromatic amines is 1. The van der Waals surface area contributed by atoms with Crippen LogP contribution in [0.1, 0.15) is 56.7 Å². The fourth-order valence-corrected chi connectivity index (χ4v) is 7.84. The van der Waals surface area contributed by atoms with Crippen LogP contribution >= 0.6 is 11.3 Å². The Balaban J connectivity index is 1.37. The minimum Gasteiger partial charge on any atom is -0.289 e. The van der Waals surface area contributed by atoms with Gasteiger partial charge in [0.15, 0.2) is 5.69 Å². The highest BCUT2D eigenvalue weighted by molar-refractivity contribution is 7.20. The molecule has 0 unspecified atom stereocenters. The van der Waals surface area contributed by atoms with E-state index in [9.17, 15) is 18.0 Å². The minimum atomic E-state index is -4.70. The first kappa shape index (κ1) is 21.1. The quantitative estimate of drug-likeness (QED) is 0.485. The van der Waals surface area contributed by atoms with Gasteiger partial charge in [0.25, 0.3) is 5.56 Å². The molecule has 2 aromatic heterocycles. The number of fused-ring (bicyclic) bond motifs is 1. The second-order valence-corrected chi connectivity index (χ2v) is 11.2. The molecule has 1 aromatic carbocycles. The molecule has 0 aliphatic heterocycles. The lowest BCUT2D eigenvalue weighted by molar-refractivity contribution is -0.141. The smallest absolute Gasteiger partial charge is 0.289 e. The zero-order chi connectivity index (χ0) is 23.0. The van der Waals surface area contributed by atoms with Gasteiger partial charge >= 0.3 is 6.18 Å². The van der Waals surface area contributed by atoms with Crippen molar-refractivity contribution in [2.45, 2.75) is 57.7 Å². The van der Waals surface area contributed by atoms with Crippen LogP contribution in [0.25, 0.3) is 15.3 Å². The number of nitrogens with zero attached hydrogens (tertiary/aromatic N) is 3. The largest absolute Gasteiger partial charge is 0.433 e. The van der Waals surface area contributed by atoms with Gasteiger partial charge in [-0.05, 0) is 80.8 Å². The number of rotatable bonds is 4. The van der Waals surface area contributed by atoms with Gasteiger partial charge in [0, 0.05) is 6.21 Å². The van der Waals surface area contributed by atoms with E-state index in [0.717, 1.165) is 52.6 Å². The topological polar surface area (TPSA) is 63.0 Å². The molecule has 1 atom stereocenters. The standard InChI is InChI=1S/C24H25F3N4OS/c1-13(23-9-14-6-15(10-23)8-16(7-14)11-23)28-12-17-20(24(25,26)27)30-31(21(17)32)22-29-18-4-2-3-5-19(18)33-22/h2-5,12-16,30H,6-11H2,1H3/t13-,14?,15?,16?,23?/m0/s1. The Morgan fingerprint density at radius 1 is 1.18 bits per heavy atom. The van der Waals surface area contributed by atoms with E-state index in [2.05, 4.69) is 15.1 Å². The number of H-pyrrole nitrogens is 1. The first-order valence-electron chi connectivity index (χ1n) is 11.5. The molecule has 4 saturated carbocycles. The summed E-state index contributed by atoms with van der Waals surface area (Å²) in [5.74, 6) is 2.18. The van der Waals surface area contributed by atoms with Crippen molar-refractivity contribution in [2.75, 3.05) is 0 Å². The summed E-state index contributed by atoms with van der Waals surface area (Å²) in [7, 11) is 0. The third-order valence-electron chi connectivity index (χ3n) is 8.08. The molecule has 4 aliphatic rings. The lowest BCUT2D eigenvalue weighted by atomic mass is 9.48. The fraction of sp³-hybridized carbons (Fsp3) is 0.542. The van der Waals surface area contributed by atoms with E-state index >= 15 is 0 Å². The Hall–Kier alpha value is -2.42. The average Bonchev–Trinajstić information content (AvgIpc) is 3.31. The van der Waals surface area contributed by atoms with Crippen LogP contribution in [0.2, 0.25) is 0 Å². The maximum atomic E-state index is 13.8. The number of nitrogens with one attached hydrogen (secondary N) is 1. The summed E-state index contributed by atoms with van der Waals surface area (Å²) >= 11 is 1.17. The van der Waals surface area contributed by atoms with Crippen LogP contribution in [0.15, 0.2) is 34.1 Å². The maximum absolute atomic E-state index is 13.8. The molecule has 0 amide bonds. The van der Waals surface area contributed by atoms with Crippen molar-refractivity contribution in [2.24, 2.45) is 28.2 Å². The minimum absolute atomic E-state index is 0.0615. The van der Waals surface area contributed by atoms with Crippen molar-refractivity contribution in [1.29, 1.82) is 0 Å². The van der Waals surface area contributed by atoms with Gasteiger partial charge in [-0.15, -0.1) is 0 Å². The second kappa shape index (κ2) is 7.29. The van der Waals surface area contributed by atoms with Crippen molar-refractivity contribution in [3.63, 3.8) is 0 Å². The Labute approximate surface area is 192 Å². The van der Waals surface area contributed by atoms with E-state index in [1.807, 2.05) is 19.1 Å². The molecule has 3 aromatic rings. The Kier molecular flexibility index (Phi) is 4.67. The number of aromatic nitrogens is 3. The molecule has 4 fully saturated rings. The molecular formula is C24H25F3N4OS. The van der Waals surface area contributed by atoms with Crippen LogP contribution in [0, 0.1) is 23.2 Å². The number of para-hydroxylation sites is 1. The van der Waals surface area contributed by atoms with Gasteiger partial charge in [-0.25, -0.2) is 4.98 Å². The first-order valence-corrected chi connectivity index (χ1v) is 12.3. The molecule has 2 heterocycles. The van der Waals surface area contributed by atoms with E-state index in [0.29, 0.717) is 5.52 Å². The molecule has 7 rings (SSSR count). The normalized spacial score (nSPS) is 30.0. The second-order valence-electron chi connectivity index (χ2n) is 10.2. The summed E-state index contributed by atoms with van der Waals surface area (Å²) in [6, 6.07) is 7.10. The molecule has 4 bridgehead atoms. The van der Waals surface area contributed by atoms with Crippen molar-refractivity contribution >= 4 is 27.8 Å². The van der Waals surface area contributed by atoms with Crippen LogP contribution in [0.5, 0.6) is 0 Å². The van der Waals surface area contributed by atoms with Gasteiger partial charge < -0.3 is 0 Å². The van der Waals surface area contributed by atoms with E-state index < -0.39 is 23.0 Å². The highest BCUT2D eigenvalue weighted by Crippen LogP contribution is 2.61. The number of hydrogen-bond acceptors (Lipinski definition) is 4. The Bertz CT molecular complexity index is 1230. The van der Waals surface area contributed by atoms with Crippen LogP contribution in [-0.2, 0) is 6.18 Å². The van der Waals surface area contributed by atoms with Gasteiger partial charge in [0.1, 0.15) is 0 Å². The average molecular weight is 475 g/mol. The molecule has 5 nitrogen and oxygen atoms in total. The predicted octanol–water partition coefficient (Wildman–Crippen LogP) is 5.82. The first-order chi connectivity index (χ1) is 15.7. The van der Waals surface area contributed by atoms with Crippen molar-refractivity contribution in [3.8, 4) is 5.13 Å². The van der Waals surface area contributed by atoms with Crippen molar-refractivity contribution in [1.82, 2.24) is 14.8 Å². The number of halogens is 3. The van der Waals surface area contributed by atoms with Gasteiger partial charge in [0.05, 0.1) is 21.8 Å². The third kappa shape index (κ3) is 3.47. The zero-order valence-corrected chi connectivity index (χ0v) is 19.0. The highest BCUT2D eigenvalue weighted by atomic mass is 32.1. The molecule has 9 heteroatoms. The molecule has 1 N–H and O–H groups in total. The molecule has 4 aliphatic carbocycles. The van der Waals surface area contributed by atoms with Gasteiger partial charge in [-0.3, -0.25) is 14.9 Å². The van der Waals surface area contributed by atoms with Crippen molar-refractivity contribution in [3.05, 3.63) is 45.9 Å². The summed E-state index contributed by atoms with van der Waals surface area (Å²) in [4.78, 5) is 22.0. The van der Waals surface area contributed by atoms with Crippen LogP contribution in [0.4, 0.5) is 13.2 Å². The lowest BCUT2D eigenvalue weighted by Crippen LogP contribution is -2.50. The number of thiazole rings is 1. The number of hydrogen-bond donors (Lipinski definition) is 1. The van der Waals surface area contributed by atoms with Crippen LogP contribution in [-0.4, -0.2) is 27.0 Å². The molecule has 174 valence electrons. The van der Waals surface area contributed by atoms with Crippen LogP contribution in [0.3, 0.4) is 0 Å². The predicted molar refractivity (Wildman–Crippen MR) is 122 cm³/mol. The number of benzene rings is 1. The molecule has 0 radical (unpaired) electrons. The SMILES string of the molecule is C[C@H](N=Cc1c(C(F)(F)F)[nH]n(-c2nc3ccccc3s2)c1=O)C12CC3CC(CC(C3)C1)C2. The lowest BCUT2D eigenvalue weighted by Gasteiger charge is -2.58. The van der Waals surface area contributed by atoms with E-state index in [1.165, 1.54) is 30.6 Å². The van der Waals surface area contributed by atoms with Crippen molar-refractivity contribution < 1.29 is 13.2 Å². The molecule has 33 heavy (non-hydrogen) atoms. The highest BCUT2D eigenvalue weighted by Gasteiger charge is 2.53. The maximum Gasteiger partial charge on any atom is 0.433 e. The summed E-state index contributed by atoms with van der Waals surface area (Å²) in [5, 5.41) is 2.44. The Morgan fingerprint density at radius 3 is 2.42 bits per heavy atom. The molecule has 0 saturated heterocycles. The van der Waals surface area contributed by atoms with Crippen LogP contribution < -0.4 is 5.56 Å². The summed E-state index contributed by atoms with van der Waals surface area (Å²) in [5.41, 5.74) is -1.60. The van der Waals surface area contributed by atoms with Gasteiger partial charge in [-0.2, -0.15) is 17.9 Å². The molecular weight excluding hydrogens is 449 g/mol. The van der Waals surface area contributed by atoms with E-state index in [4.69, 9.17) is 0 Å². The van der Waals surface area contributed by atoms with Gasteiger partial charge in [0.2, 0.25) is 5.13 Å². The molecule has 0 spiro atoms. The monoisotopic (exact) mass is 474 g/mol. The van der Waals surface area contributed by atoms with E-state index in [1.54, 1.807) is 12.1 Å². The zero-order valence-electron chi connectivity index (χ0n) is 18.2. The van der Waals surface area contributed by atoms with Gasteiger partial charge in [-0.1, -0.05) is 23.5 Å². The summed E-state index contributed by atoms with van der Waals surface area (Å²) in [6.45, 7) is 2.01. The van der Waals surface area contributed by atoms with E-state index in [-0.39, 0.29) is 16.6 Å². The summed E-state index contributed by atoms with van der Waals surface area (Å²) in [6.07, 6.45) is 3.64. The number of alkyl halides is 3.